The van der Waals surface area contributed by atoms with Crippen LogP contribution in [0.1, 0.15) is 33.0 Å². The Kier molecular flexibility index (Phi) is 4.56. The van der Waals surface area contributed by atoms with Crippen LogP contribution in [0.3, 0.4) is 0 Å². The van der Waals surface area contributed by atoms with E-state index in [2.05, 4.69) is 28.7 Å². The molecule has 0 radical (unpaired) electrons. The van der Waals surface area contributed by atoms with E-state index in [0.717, 1.165) is 20.3 Å². The van der Waals surface area contributed by atoms with Gasteiger partial charge >= 0.3 is 0 Å². The zero-order valence-electron chi connectivity index (χ0n) is 11.4. The van der Waals surface area contributed by atoms with E-state index in [9.17, 15) is 10.1 Å². The van der Waals surface area contributed by atoms with E-state index in [-0.39, 0.29) is 5.78 Å². The lowest BCUT2D eigenvalue weighted by atomic mass is 9.91. The van der Waals surface area contributed by atoms with Crippen LogP contribution in [0.2, 0.25) is 0 Å². The molecule has 0 aliphatic heterocycles. The first-order chi connectivity index (χ1) is 9.54. The monoisotopic (exact) mass is 375 g/mol. The number of rotatable bonds is 3. The van der Waals surface area contributed by atoms with Gasteiger partial charge in [0.15, 0.2) is 5.78 Å². The second-order valence-corrected chi connectivity index (χ2v) is 5.85. The number of carbonyl (C=O) groups is 1. The van der Waals surface area contributed by atoms with Crippen LogP contribution >= 0.6 is 22.6 Å². The molecule has 0 aromatic heterocycles. The molecule has 0 spiro atoms. The lowest BCUT2D eigenvalue weighted by molar-refractivity contribution is 0.0978. The summed E-state index contributed by atoms with van der Waals surface area (Å²) in [6.45, 7) is 3.95. The van der Waals surface area contributed by atoms with Crippen LogP contribution in [-0.2, 0) is 0 Å². The van der Waals surface area contributed by atoms with Crippen LogP contribution in [0.25, 0.3) is 0 Å². The summed E-state index contributed by atoms with van der Waals surface area (Å²) in [6, 6.07) is 15.3. The second kappa shape index (κ2) is 6.19. The number of hydrogen-bond acceptors (Lipinski definition) is 2. The van der Waals surface area contributed by atoms with Crippen molar-refractivity contribution in [1.82, 2.24) is 0 Å². The van der Waals surface area contributed by atoms with Crippen LogP contribution in [0, 0.1) is 28.7 Å². The van der Waals surface area contributed by atoms with Crippen LogP contribution in [0.5, 0.6) is 0 Å². The maximum atomic E-state index is 12.6. The number of benzene rings is 2. The molecule has 0 bridgehead atoms. The number of carbonyl (C=O) groups excluding carboxylic acids is 1. The average molecular weight is 375 g/mol. The van der Waals surface area contributed by atoms with Crippen molar-refractivity contribution in [2.24, 2.45) is 0 Å². The molecule has 0 saturated heterocycles. The standard InChI is InChI=1S/C17H14INO/c1-11-6-8-13(9-7-11)15(10-19)17(20)14-5-3-4-12(2)16(14)18/h3-9,15H,1-2H3. The summed E-state index contributed by atoms with van der Waals surface area (Å²) in [5, 5.41) is 9.37. The fourth-order valence-corrected chi connectivity index (χ4v) is 2.66. The SMILES string of the molecule is Cc1ccc(C(C#N)C(=O)c2cccc(C)c2I)cc1. The Bertz CT molecular complexity index is 683. The summed E-state index contributed by atoms with van der Waals surface area (Å²) >= 11 is 2.16. The highest BCUT2D eigenvalue weighted by Crippen LogP contribution is 2.25. The minimum Gasteiger partial charge on any atom is -0.292 e. The molecule has 20 heavy (non-hydrogen) atoms. The van der Waals surface area contributed by atoms with Gasteiger partial charge in [0.25, 0.3) is 0 Å². The van der Waals surface area contributed by atoms with Crippen LogP contribution in [-0.4, -0.2) is 5.78 Å². The number of Topliss-reactive ketones (excluding diaryl/α,β-unsaturated/α-hetero) is 1. The van der Waals surface area contributed by atoms with E-state index in [4.69, 9.17) is 0 Å². The summed E-state index contributed by atoms with van der Waals surface area (Å²) in [7, 11) is 0. The maximum absolute atomic E-state index is 12.6. The topological polar surface area (TPSA) is 40.9 Å². The Hall–Kier alpha value is -1.67. The van der Waals surface area contributed by atoms with Gasteiger partial charge in [0, 0.05) is 9.13 Å². The molecule has 0 saturated carbocycles. The van der Waals surface area contributed by atoms with Crippen molar-refractivity contribution in [3.8, 4) is 6.07 Å². The third-order valence-electron chi connectivity index (χ3n) is 3.26. The van der Waals surface area contributed by atoms with Gasteiger partial charge in [0.2, 0.25) is 0 Å². The predicted octanol–water partition coefficient (Wildman–Crippen LogP) is 4.40. The van der Waals surface area contributed by atoms with Crippen LogP contribution in [0.4, 0.5) is 0 Å². The summed E-state index contributed by atoms with van der Waals surface area (Å²) in [5.41, 5.74) is 3.54. The molecule has 2 nitrogen and oxygen atoms in total. The minimum atomic E-state index is -0.745. The van der Waals surface area contributed by atoms with Crippen molar-refractivity contribution >= 4 is 28.4 Å². The molecule has 1 unspecified atom stereocenters. The van der Waals surface area contributed by atoms with E-state index in [1.165, 1.54) is 0 Å². The normalized spacial score (nSPS) is 11.7. The molecule has 2 aromatic rings. The van der Waals surface area contributed by atoms with Crippen molar-refractivity contribution < 1.29 is 4.79 Å². The highest BCUT2D eigenvalue weighted by Gasteiger charge is 2.23. The van der Waals surface area contributed by atoms with Gasteiger partial charge in [-0.3, -0.25) is 4.79 Å². The Morgan fingerprint density at radius 1 is 1.15 bits per heavy atom. The van der Waals surface area contributed by atoms with Crippen molar-refractivity contribution in [2.75, 3.05) is 0 Å². The smallest absolute Gasteiger partial charge is 0.185 e. The number of nitriles is 1. The Morgan fingerprint density at radius 3 is 2.40 bits per heavy atom. The number of hydrogen-bond donors (Lipinski definition) is 0. The lowest BCUT2D eigenvalue weighted by Crippen LogP contribution is -2.13. The van der Waals surface area contributed by atoms with Gasteiger partial charge in [-0.2, -0.15) is 5.26 Å². The van der Waals surface area contributed by atoms with Gasteiger partial charge in [0.05, 0.1) is 6.07 Å². The molecule has 0 aliphatic carbocycles. The third kappa shape index (κ3) is 2.91. The first kappa shape index (κ1) is 14.7. The first-order valence-electron chi connectivity index (χ1n) is 6.30. The van der Waals surface area contributed by atoms with E-state index in [1.807, 2.05) is 50.2 Å². The van der Waals surface area contributed by atoms with Crippen LogP contribution in [0.15, 0.2) is 42.5 Å². The summed E-state index contributed by atoms with van der Waals surface area (Å²) < 4.78 is 0.919. The molecule has 0 heterocycles. The molecule has 100 valence electrons. The minimum absolute atomic E-state index is 0.135. The molecule has 3 heteroatoms. The highest BCUT2D eigenvalue weighted by molar-refractivity contribution is 14.1. The number of ketones is 1. The fraction of sp³-hybridized carbons (Fsp3) is 0.176. The molecular weight excluding hydrogens is 361 g/mol. The third-order valence-corrected chi connectivity index (χ3v) is 4.69. The number of halogens is 1. The zero-order valence-corrected chi connectivity index (χ0v) is 13.5. The molecule has 0 amide bonds. The van der Waals surface area contributed by atoms with Gasteiger partial charge in [-0.15, -0.1) is 0 Å². The quantitative estimate of drug-likeness (QED) is 0.590. The highest BCUT2D eigenvalue weighted by atomic mass is 127. The summed E-state index contributed by atoms with van der Waals surface area (Å²) in [4.78, 5) is 12.6. The van der Waals surface area contributed by atoms with E-state index in [0.29, 0.717) is 5.56 Å². The molecule has 0 N–H and O–H groups in total. The zero-order chi connectivity index (χ0) is 14.7. The van der Waals surface area contributed by atoms with Gasteiger partial charge in [-0.25, -0.2) is 0 Å². The summed E-state index contributed by atoms with van der Waals surface area (Å²) in [5.74, 6) is -0.879. The van der Waals surface area contributed by atoms with Gasteiger partial charge < -0.3 is 0 Å². The van der Waals surface area contributed by atoms with E-state index < -0.39 is 5.92 Å². The fourth-order valence-electron chi connectivity index (χ4n) is 2.04. The summed E-state index contributed by atoms with van der Waals surface area (Å²) in [6.07, 6.45) is 0. The van der Waals surface area contributed by atoms with Gasteiger partial charge in [-0.05, 0) is 47.6 Å². The average Bonchev–Trinajstić information content (AvgIpc) is 2.44. The molecule has 2 aromatic carbocycles. The number of nitrogens with zero attached hydrogens (tertiary/aromatic N) is 1. The lowest BCUT2D eigenvalue weighted by Gasteiger charge is -2.11. The Balaban J connectivity index is 2.42. The molecular formula is C17H14INO. The second-order valence-electron chi connectivity index (χ2n) is 4.77. The maximum Gasteiger partial charge on any atom is 0.185 e. The first-order valence-corrected chi connectivity index (χ1v) is 7.38. The largest absolute Gasteiger partial charge is 0.292 e. The predicted molar refractivity (Wildman–Crippen MR) is 87.8 cm³/mol. The number of aryl methyl sites for hydroxylation is 2. The van der Waals surface area contributed by atoms with Crippen molar-refractivity contribution in [3.63, 3.8) is 0 Å². The molecule has 1 atom stereocenters. The van der Waals surface area contributed by atoms with Gasteiger partial charge in [0.1, 0.15) is 5.92 Å². The Labute approximate surface area is 132 Å². The van der Waals surface area contributed by atoms with Gasteiger partial charge in [-0.1, -0.05) is 48.0 Å². The van der Waals surface area contributed by atoms with Crippen molar-refractivity contribution in [2.45, 2.75) is 19.8 Å². The van der Waals surface area contributed by atoms with E-state index in [1.54, 1.807) is 6.07 Å². The van der Waals surface area contributed by atoms with E-state index >= 15 is 0 Å². The van der Waals surface area contributed by atoms with Crippen LogP contribution < -0.4 is 0 Å². The molecule has 0 fully saturated rings. The van der Waals surface area contributed by atoms with Crippen molar-refractivity contribution in [3.05, 3.63) is 68.3 Å². The molecule has 2 rings (SSSR count). The Morgan fingerprint density at radius 2 is 1.80 bits per heavy atom. The molecule has 0 aliphatic rings. The van der Waals surface area contributed by atoms with Crippen molar-refractivity contribution in [1.29, 1.82) is 5.26 Å².